The van der Waals surface area contributed by atoms with E-state index >= 15 is 0 Å². The number of rotatable bonds is 1. The average molecular weight is 156 g/mol. The minimum absolute atomic E-state index is 0.316. The fraction of sp³-hybridized carbons (Fsp3) is 0. The normalized spacial score (nSPS) is 8.17. The standard InChI is InChI=1S/C9H4N2O/c10-5-7-1-3-8(4-2-7)9(12)6-11/h1-4H. The molecule has 0 fully saturated rings. The van der Waals surface area contributed by atoms with Gasteiger partial charge < -0.3 is 0 Å². The van der Waals surface area contributed by atoms with Crippen molar-refractivity contribution in [3.05, 3.63) is 35.4 Å². The minimum atomic E-state index is -0.584. The molecule has 3 nitrogen and oxygen atoms in total. The Kier molecular flexibility index (Phi) is 2.20. The van der Waals surface area contributed by atoms with Crippen LogP contribution in [0.2, 0.25) is 0 Å². The monoisotopic (exact) mass is 156 g/mol. The Morgan fingerprint density at radius 1 is 1.17 bits per heavy atom. The lowest BCUT2D eigenvalue weighted by molar-refractivity contribution is 0.105. The fourth-order valence-corrected chi connectivity index (χ4v) is 0.761. The van der Waals surface area contributed by atoms with Crippen LogP contribution in [0.4, 0.5) is 0 Å². The number of ketones is 1. The summed E-state index contributed by atoms with van der Waals surface area (Å²) in [6.07, 6.45) is 0. The highest BCUT2D eigenvalue weighted by atomic mass is 16.1. The molecular weight excluding hydrogens is 152 g/mol. The Hall–Kier alpha value is -2.13. The van der Waals surface area contributed by atoms with Gasteiger partial charge in [0.1, 0.15) is 6.07 Å². The number of nitrogens with zero attached hydrogens (tertiary/aromatic N) is 2. The van der Waals surface area contributed by atoms with Crippen molar-refractivity contribution in [3.63, 3.8) is 0 Å². The summed E-state index contributed by atoms with van der Waals surface area (Å²) in [6, 6.07) is 9.35. The molecule has 0 unspecified atom stereocenters. The summed E-state index contributed by atoms with van der Waals surface area (Å²) in [4.78, 5) is 10.8. The molecule has 0 spiro atoms. The molecule has 0 atom stereocenters. The van der Waals surface area contributed by atoms with E-state index in [0.717, 1.165) is 0 Å². The van der Waals surface area contributed by atoms with Crippen molar-refractivity contribution in [2.75, 3.05) is 0 Å². The average Bonchev–Trinajstić information content (AvgIpc) is 2.17. The third kappa shape index (κ3) is 1.47. The van der Waals surface area contributed by atoms with E-state index in [2.05, 4.69) is 0 Å². The summed E-state index contributed by atoms with van der Waals surface area (Å²) in [5.74, 6) is -0.584. The molecule has 0 heterocycles. The Balaban J connectivity index is 3.04. The van der Waals surface area contributed by atoms with Crippen molar-refractivity contribution >= 4 is 5.78 Å². The number of hydrogen-bond acceptors (Lipinski definition) is 3. The quantitative estimate of drug-likeness (QED) is 0.454. The molecule has 0 radical (unpaired) electrons. The van der Waals surface area contributed by atoms with E-state index in [1.807, 2.05) is 6.07 Å². The number of benzene rings is 1. The summed E-state index contributed by atoms with van der Waals surface area (Å²) in [5.41, 5.74) is 0.793. The zero-order chi connectivity index (χ0) is 8.97. The highest BCUT2D eigenvalue weighted by molar-refractivity contribution is 6.07. The lowest BCUT2D eigenvalue weighted by atomic mass is 10.1. The molecule has 0 N–H and O–H groups in total. The van der Waals surface area contributed by atoms with E-state index in [1.54, 1.807) is 0 Å². The van der Waals surface area contributed by atoms with Crippen molar-refractivity contribution in [2.24, 2.45) is 0 Å². The van der Waals surface area contributed by atoms with Crippen molar-refractivity contribution in [2.45, 2.75) is 0 Å². The van der Waals surface area contributed by atoms with Gasteiger partial charge in [0, 0.05) is 5.56 Å². The van der Waals surface area contributed by atoms with Gasteiger partial charge in [-0.15, -0.1) is 0 Å². The van der Waals surface area contributed by atoms with Gasteiger partial charge in [-0.1, -0.05) is 0 Å². The van der Waals surface area contributed by atoms with Gasteiger partial charge in [0.15, 0.2) is 0 Å². The molecule has 0 saturated carbocycles. The molecule has 0 amide bonds. The second-order valence-electron chi connectivity index (χ2n) is 2.13. The summed E-state index contributed by atoms with van der Waals surface area (Å²) in [5, 5.41) is 16.7. The lowest BCUT2D eigenvalue weighted by Gasteiger charge is -1.90. The first kappa shape index (κ1) is 7.97. The van der Waals surface area contributed by atoms with Gasteiger partial charge in [-0.05, 0) is 24.3 Å². The van der Waals surface area contributed by atoms with Gasteiger partial charge in [0.25, 0.3) is 5.78 Å². The van der Waals surface area contributed by atoms with Crippen LogP contribution in [0.15, 0.2) is 24.3 Å². The number of Topliss-reactive ketones (excluding diaryl/α,β-unsaturated/α-hetero) is 1. The van der Waals surface area contributed by atoms with Gasteiger partial charge in [-0.3, -0.25) is 4.79 Å². The molecule has 0 aliphatic rings. The van der Waals surface area contributed by atoms with Crippen LogP contribution in [-0.2, 0) is 0 Å². The minimum Gasteiger partial charge on any atom is -0.277 e. The zero-order valence-corrected chi connectivity index (χ0v) is 6.11. The van der Waals surface area contributed by atoms with Crippen LogP contribution in [0.25, 0.3) is 0 Å². The fourth-order valence-electron chi connectivity index (χ4n) is 0.761. The van der Waals surface area contributed by atoms with Crippen molar-refractivity contribution in [1.82, 2.24) is 0 Å². The SMILES string of the molecule is N#CC(=O)c1ccc(C#N)cc1. The summed E-state index contributed by atoms with van der Waals surface area (Å²) in [7, 11) is 0. The smallest absolute Gasteiger partial charge is 0.262 e. The molecule has 0 aromatic heterocycles. The van der Waals surface area contributed by atoms with Crippen LogP contribution >= 0.6 is 0 Å². The van der Waals surface area contributed by atoms with Crippen LogP contribution in [0.5, 0.6) is 0 Å². The third-order valence-corrected chi connectivity index (χ3v) is 1.38. The van der Waals surface area contributed by atoms with Gasteiger partial charge in [0.2, 0.25) is 0 Å². The predicted molar refractivity (Wildman–Crippen MR) is 41.1 cm³/mol. The number of carbonyl (C=O) groups is 1. The summed E-state index contributed by atoms with van der Waals surface area (Å²) < 4.78 is 0. The molecule has 12 heavy (non-hydrogen) atoms. The van der Waals surface area contributed by atoms with Crippen LogP contribution in [0.1, 0.15) is 15.9 Å². The van der Waals surface area contributed by atoms with Crippen molar-refractivity contribution in [3.8, 4) is 12.1 Å². The van der Waals surface area contributed by atoms with Gasteiger partial charge in [-0.2, -0.15) is 10.5 Å². The molecule has 1 rings (SSSR count). The van der Waals surface area contributed by atoms with E-state index in [4.69, 9.17) is 10.5 Å². The van der Waals surface area contributed by atoms with E-state index in [9.17, 15) is 4.79 Å². The van der Waals surface area contributed by atoms with E-state index in [-0.39, 0.29) is 0 Å². The van der Waals surface area contributed by atoms with Crippen molar-refractivity contribution < 1.29 is 4.79 Å². The van der Waals surface area contributed by atoms with Gasteiger partial charge >= 0.3 is 0 Å². The van der Waals surface area contributed by atoms with Crippen LogP contribution in [-0.4, -0.2) is 5.78 Å². The third-order valence-electron chi connectivity index (χ3n) is 1.38. The first-order valence-electron chi connectivity index (χ1n) is 3.22. The predicted octanol–water partition coefficient (Wildman–Crippen LogP) is 1.26. The van der Waals surface area contributed by atoms with E-state index in [1.165, 1.54) is 30.3 Å². The Labute approximate surface area is 69.5 Å². The highest BCUT2D eigenvalue weighted by Gasteiger charge is 2.02. The molecule has 1 aromatic rings. The summed E-state index contributed by atoms with van der Waals surface area (Å²) in [6.45, 7) is 0. The van der Waals surface area contributed by atoms with E-state index in [0.29, 0.717) is 11.1 Å². The lowest BCUT2D eigenvalue weighted by Crippen LogP contribution is -1.93. The van der Waals surface area contributed by atoms with E-state index < -0.39 is 5.78 Å². The maximum Gasteiger partial charge on any atom is 0.262 e. The van der Waals surface area contributed by atoms with Crippen LogP contribution < -0.4 is 0 Å². The highest BCUT2D eigenvalue weighted by Crippen LogP contribution is 2.03. The molecule has 0 saturated heterocycles. The molecule has 0 aliphatic carbocycles. The largest absolute Gasteiger partial charge is 0.277 e. The zero-order valence-electron chi connectivity index (χ0n) is 6.11. The Morgan fingerprint density at radius 3 is 2.17 bits per heavy atom. The number of nitriles is 2. The Bertz CT molecular complexity index is 378. The van der Waals surface area contributed by atoms with Crippen LogP contribution in [0.3, 0.4) is 0 Å². The number of hydrogen-bond donors (Lipinski definition) is 0. The molecular formula is C9H4N2O. The van der Waals surface area contributed by atoms with Crippen LogP contribution in [0, 0.1) is 22.7 Å². The number of carbonyl (C=O) groups excluding carboxylic acids is 1. The first-order chi connectivity index (χ1) is 5.77. The molecule has 56 valence electrons. The second kappa shape index (κ2) is 3.32. The van der Waals surface area contributed by atoms with Gasteiger partial charge in [-0.25, -0.2) is 0 Å². The second-order valence-corrected chi connectivity index (χ2v) is 2.13. The molecule has 1 aromatic carbocycles. The van der Waals surface area contributed by atoms with Crippen molar-refractivity contribution in [1.29, 1.82) is 10.5 Å². The molecule has 3 heteroatoms. The molecule has 0 aliphatic heterocycles. The van der Waals surface area contributed by atoms with Gasteiger partial charge in [0.05, 0.1) is 11.6 Å². The summed E-state index contributed by atoms with van der Waals surface area (Å²) >= 11 is 0. The first-order valence-corrected chi connectivity index (χ1v) is 3.22. The topological polar surface area (TPSA) is 64.7 Å². The maximum atomic E-state index is 10.8. The maximum absolute atomic E-state index is 10.8. The Morgan fingerprint density at radius 2 is 1.75 bits per heavy atom. The molecule has 0 bridgehead atoms.